The molecule has 3 rings (SSSR count). The lowest BCUT2D eigenvalue weighted by atomic mass is 10.1. The summed E-state index contributed by atoms with van der Waals surface area (Å²) in [6, 6.07) is 8.87. The van der Waals surface area contributed by atoms with E-state index in [1.165, 1.54) is 17.5 Å². The van der Waals surface area contributed by atoms with Crippen LogP contribution in [-0.2, 0) is 4.74 Å². The largest absolute Gasteiger partial charge is 0.494 e. The van der Waals surface area contributed by atoms with E-state index in [2.05, 4.69) is 4.98 Å². The summed E-state index contributed by atoms with van der Waals surface area (Å²) in [5, 5.41) is 2.42. The maximum Gasteiger partial charge on any atom is 0.343 e. The third-order valence-electron chi connectivity index (χ3n) is 3.74. The first-order valence-electron chi connectivity index (χ1n) is 8.56. The van der Waals surface area contributed by atoms with Gasteiger partial charge in [-0.25, -0.2) is 4.79 Å². The molecule has 0 aliphatic carbocycles. The lowest BCUT2D eigenvalue weighted by Crippen LogP contribution is -2.14. The zero-order chi connectivity index (χ0) is 19.2. The number of Topliss-reactive ketones (excluding diaryl/α,β-unsaturated/α-hetero) is 1. The number of benzene rings is 1. The molecule has 0 fully saturated rings. The van der Waals surface area contributed by atoms with Gasteiger partial charge in [0, 0.05) is 11.6 Å². The standard InChI is InChI=1S/C20H19NO5S/c1-3-24-13-7-8-16-14(10-13)19(15(11-21-16)20(23)25-4-2)26-12-17(22)18-6-5-9-27-18/h5-11H,3-4,12H2,1-2H3. The van der Waals surface area contributed by atoms with E-state index in [0.717, 1.165) is 0 Å². The van der Waals surface area contributed by atoms with Crippen LogP contribution in [0.15, 0.2) is 41.9 Å². The number of rotatable bonds is 8. The van der Waals surface area contributed by atoms with Crippen LogP contribution >= 0.6 is 11.3 Å². The molecule has 0 amide bonds. The summed E-state index contributed by atoms with van der Waals surface area (Å²) in [6.07, 6.45) is 1.41. The zero-order valence-electron chi connectivity index (χ0n) is 15.1. The first-order chi connectivity index (χ1) is 13.1. The van der Waals surface area contributed by atoms with Crippen molar-refractivity contribution >= 4 is 34.0 Å². The van der Waals surface area contributed by atoms with E-state index in [0.29, 0.717) is 28.1 Å². The van der Waals surface area contributed by atoms with Crippen LogP contribution in [0.4, 0.5) is 0 Å². The third kappa shape index (κ3) is 4.25. The van der Waals surface area contributed by atoms with Gasteiger partial charge in [0.15, 0.2) is 6.61 Å². The number of thiophene rings is 1. The second-order valence-corrected chi connectivity index (χ2v) is 6.47. The number of aromatic nitrogens is 1. The molecule has 0 spiro atoms. The van der Waals surface area contributed by atoms with Crippen LogP contribution in [0.25, 0.3) is 10.9 Å². The molecule has 7 heteroatoms. The van der Waals surface area contributed by atoms with Crippen molar-refractivity contribution in [1.29, 1.82) is 0 Å². The number of carbonyl (C=O) groups is 2. The highest BCUT2D eigenvalue weighted by molar-refractivity contribution is 7.12. The molecule has 0 aliphatic heterocycles. The van der Waals surface area contributed by atoms with Crippen molar-refractivity contribution in [3.8, 4) is 11.5 Å². The maximum absolute atomic E-state index is 12.3. The lowest BCUT2D eigenvalue weighted by molar-refractivity contribution is 0.0520. The predicted molar refractivity (Wildman–Crippen MR) is 103 cm³/mol. The second kappa shape index (κ2) is 8.64. The van der Waals surface area contributed by atoms with Crippen molar-refractivity contribution in [1.82, 2.24) is 4.98 Å². The summed E-state index contributed by atoms with van der Waals surface area (Å²) in [5.41, 5.74) is 0.807. The van der Waals surface area contributed by atoms with Gasteiger partial charge in [0.05, 0.1) is 23.6 Å². The van der Waals surface area contributed by atoms with Crippen LogP contribution in [0.2, 0.25) is 0 Å². The second-order valence-electron chi connectivity index (χ2n) is 5.52. The van der Waals surface area contributed by atoms with E-state index >= 15 is 0 Å². The Morgan fingerprint density at radius 2 is 1.96 bits per heavy atom. The van der Waals surface area contributed by atoms with Crippen molar-refractivity contribution in [2.24, 2.45) is 0 Å². The van der Waals surface area contributed by atoms with Gasteiger partial charge in [-0.1, -0.05) is 6.07 Å². The number of nitrogens with zero attached hydrogens (tertiary/aromatic N) is 1. The fraction of sp³-hybridized carbons (Fsp3) is 0.250. The molecule has 0 saturated carbocycles. The summed E-state index contributed by atoms with van der Waals surface area (Å²) in [7, 11) is 0. The Labute approximate surface area is 160 Å². The third-order valence-corrected chi connectivity index (χ3v) is 4.65. The van der Waals surface area contributed by atoms with Gasteiger partial charge < -0.3 is 14.2 Å². The van der Waals surface area contributed by atoms with Gasteiger partial charge in [-0.2, -0.15) is 0 Å². The molecule has 140 valence electrons. The minimum atomic E-state index is -0.549. The van der Waals surface area contributed by atoms with Crippen molar-refractivity contribution < 1.29 is 23.8 Å². The highest BCUT2D eigenvalue weighted by atomic mass is 32.1. The van der Waals surface area contributed by atoms with Gasteiger partial charge in [0.25, 0.3) is 0 Å². The van der Waals surface area contributed by atoms with E-state index in [1.54, 1.807) is 37.3 Å². The van der Waals surface area contributed by atoms with E-state index in [4.69, 9.17) is 14.2 Å². The molecule has 0 radical (unpaired) electrons. The van der Waals surface area contributed by atoms with E-state index in [1.807, 2.05) is 12.3 Å². The Kier molecular flexibility index (Phi) is 6.03. The van der Waals surface area contributed by atoms with Crippen molar-refractivity contribution in [3.63, 3.8) is 0 Å². The fourth-order valence-corrected chi connectivity index (χ4v) is 3.21. The Morgan fingerprint density at radius 1 is 1.11 bits per heavy atom. The van der Waals surface area contributed by atoms with Crippen LogP contribution in [0, 0.1) is 0 Å². The van der Waals surface area contributed by atoms with Crippen molar-refractivity contribution in [2.45, 2.75) is 13.8 Å². The van der Waals surface area contributed by atoms with Gasteiger partial charge in [-0.05, 0) is 43.5 Å². The Morgan fingerprint density at radius 3 is 2.67 bits per heavy atom. The average molecular weight is 385 g/mol. The molecule has 3 aromatic rings. The molecule has 0 saturated heterocycles. The zero-order valence-corrected chi connectivity index (χ0v) is 15.9. The van der Waals surface area contributed by atoms with Gasteiger partial charge in [-0.3, -0.25) is 9.78 Å². The first-order valence-corrected chi connectivity index (χ1v) is 9.44. The fourth-order valence-electron chi connectivity index (χ4n) is 2.56. The van der Waals surface area contributed by atoms with E-state index < -0.39 is 5.97 Å². The number of ketones is 1. The van der Waals surface area contributed by atoms with Gasteiger partial charge in [0.1, 0.15) is 17.1 Å². The number of ether oxygens (including phenoxy) is 3. The average Bonchev–Trinajstić information content (AvgIpc) is 3.21. The van der Waals surface area contributed by atoms with E-state index in [-0.39, 0.29) is 30.3 Å². The molecule has 0 aliphatic rings. The molecule has 1 aromatic carbocycles. The van der Waals surface area contributed by atoms with Crippen molar-refractivity contribution in [2.75, 3.05) is 19.8 Å². The minimum Gasteiger partial charge on any atom is -0.494 e. The number of hydrogen-bond donors (Lipinski definition) is 0. The molecule has 2 aromatic heterocycles. The van der Waals surface area contributed by atoms with Crippen LogP contribution in [0.3, 0.4) is 0 Å². The summed E-state index contributed by atoms with van der Waals surface area (Å²) >= 11 is 1.34. The number of pyridine rings is 1. The molecular formula is C20H19NO5S. The summed E-state index contributed by atoms with van der Waals surface area (Å²) in [4.78, 5) is 29.6. The first kappa shape index (κ1) is 18.8. The van der Waals surface area contributed by atoms with E-state index in [9.17, 15) is 9.59 Å². The smallest absolute Gasteiger partial charge is 0.343 e. The summed E-state index contributed by atoms with van der Waals surface area (Å²) < 4.78 is 16.4. The monoisotopic (exact) mass is 385 g/mol. The maximum atomic E-state index is 12.3. The number of esters is 1. The number of hydrogen-bond acceptors (Lipinski definition) is 7. The summed E-state index contributed by atoms with van der Waals surface area (Å²) in [5.74, 6) is 0.185. The lowest BCUT2D eigenvalue weighted by Gasteiger charge is -2.14. The highest BCUT2D eigenvalue weighted by Crippen LogP contribution is 2.32. The van der Waals surface area contributed by atoms with Crippen LogP contribution in [-0.4, -0.2) is 36.6 Å². The number of fused-ring (bicyclic) bond motifs is 1. The Bertz CT molecular complexity index is 952. The van der Waals surface area contributed by atoms with Crippen LogP contribution in [0.5, 0.6) is 11.5 Å². The molecular weight excluding hydrogens is 366 g/mol. The number of carbonyl (C=O) groups excluding carboxylic acids is 2. The highest BCUT2D eigenvalue weighted by Gasteiger charge is 2.20. The van der Waals surface area contributed by atoms with Crippen LogP contribution < -0.4 is 9.47 Å². The van der Waals surface area contributed by atoms with Crippen LogP contribution in [0.1, 0.15) is 33.9 Å². The van der Waals surface area contributed by atoms with Gasteiger partial charge >= 0.3 is 5.97 Å². The quantitative estimate of drug-likeness (QED) is 0.429. The minimum absolute atomic E-state index is 0.161. The molecule has 0 unspecified atom stereocenters. The molecule has 0 bridgehead atoms. The Balaban J connectivity index is 2.01. The molecule has 27 heavy (non-hydrogen) atoms. The Hall–Kier alpha value is -2.93. The van der Waals surface area contributed by atoms with Gasteiger partial charge in [0.2, 0.25) is 5.78 Å². The molecule has 6 nitrogen and oxygen atoms in total. The molecule has 2 heterocycles. The van der Waals surface area contributed by atoms with Gasteiger partial charge in [-0.15, -0.1) is 11.3 Å². The topological polar surface area (TPSA) is 74.7 Å². The SMILES string of the molecule is CCOC(=O)c1cnc2ccc(OCC)cc2c1OCC(=O)c1cccs1. The molecule has 0 atom stereocenters. The normalized spacial score (nSPS) is 10.6. The summed E-state index contributed by atoms with van der Waals surface area (Å²) in [6.45, 7) is 4.15. The molecule has 0 N–H and O–H groups in total. The predicted octanol–water partition coefficient (Wildman–Crippen LogP) is 4.13. The van der Waals surface area contributed by atoms with Crippen molar-refractivity contribution in [3.05, 3.63) is 52.3 Å².